The molecule has 2 aliphatic rings. The van der Waals surface area contributed by atoms with Crippen LogP contribution in [0.25, 0.3) is 27.4 Å². The van der Waals surface area contributed by atoms with E-state index in [2.05, 4.69) is 5.32 Å². The number of hydrogen-bond donors (Lipinski definition) is 3. The number of carbonyl (C=O) groups excluding carboxylic acids is 1. The molecule has 192 valence electrons. The Balaban J connectivity index is 0.00000280. The van der Waals surface area contributed by atoms with Gasteiger partial charge in [0.15, 0.2) is 17.3 Å². The normalized spacial score (nSPS) is 15.9. The maximum absolute atomic E-state index is 15.7. The van der Waals surface area contributed by atoms with Gasteiger partial charge in [-0.25, -0.2) is 4.39 Å². The second kappa shape index (κ2) is 9.49. The van der Waals surface area contributed by atoms with Crippen LogP contribution >= 0.6 is 0 Å². The van der Waals surface area contributed by atoms with Gasteiger partial charge in [-0.1, -0.05) is 31.7 Å². The average molecular weight is 504 g/mol. The number of benzene rings is 3. The van der Waals surface area contributed by atoms with Crippen LogP contribution in [-0.2, 0) is 0 Å². The van der Waals surface area contributed by atoms with Crippen LogP contribution in [0.5, 0.6) is 11.5 Å². The van der Waals surface area contributed by atoms with E-state index in [0.717, 1.165) is 17.2 Å². The number of anilines is 1. The van der Waals surface area contributed by atoms with E-state index in [0.29, 0.717) is 49.6 Å². The van der Waals surface area contributed by atoms with Crippen molar-refractivity contribution < 1.29 is 13.9 Å². The van der Waals surface area contributed by atoms with E-state index in [1.165, 1.54) is 12.3 Å². The molecule has 8 nitrogen and oxygen atoms in total. The lowest BCUT2D eigenvalue weighted by molar-refractivity contribution is 0.0952. The maximum Gasteiger partial charge on any atom is 0.256 e. The predicted octanol–water partition coefficient (Wildman–Crippen LogP) is 3.64. The standard InChI is InChI=1S/C27H26FN5O3.CH4/c28-20-12-18-23-26(24(20)32-9-6-17(30)13-32)36-22-11-16-5-2-1-4-15(16)10-21(22)33(23)14-19(25(18)34)27(35)31-8-3-7-29;/h1-2,4-5,10-12,14,17H,3,6-9,13,29-30H2,(H,31,35);1H4/t17-;/m1./s1. The summed E-state index contributed by atoms with van der Waals surface area (Å²) in [7, 11) is 0. The minimum atomic E-state index is -0.583. The lowest BCUT2D eigenvalue weighted by Gasteiger charge is -2.29. The predicted molar refractivity (Wildman–Crippen MR) is 145 cm³/mol. The van der Waals surface area contributed by atoms with Gasteiger partial charge in [0, 0.05) is 31.9 Å². The highest BCUT2D eigenvalue weighted by molar-refractivity contribution is 6.02. The second-order valence-electron chi connectivity index (χ2n) is 9.34. The molecule has 3 aromatic carbocycles. The van der Waals surface area contributed by atoms with Crippen molar-refractivity contribution >= 4 is 33.3 Å². The maximum atomic E-state index is 15.7. The zero-order valence-corrected chi connectivity index (χ0v) is 19.6. The molecule has 1 aromatic heterocycles. The summed E-state index contributed by atoms with van der Waals surface area (Å²) >= 11 is 0. The summed E-state index contributed by atoms with van der Waals surface area (Å²) in [5.74, 6) is -0.338. The number of fused-ring (bicyclic) bond motifs is 3. The van der Waals surface area contributed by atoms with Crippen molar-refractivity contribution in [2.45, 2.75) is 26.3 Å². The fourth-order valence-electron chi connectivity index (χ4n) is 5.14. The Morgan fingerprint density at radius 3 is 2.65 bits per heavy atom. The molecule has 6 rings (SSSR count). The monoisotopic (exact) mass is 503 g/mol. The van der Waals surface area contributed by atoms with E-state index >= 15 is 4.39 Å². The van der Waals surface area contributed by atoms with Crippen LogP contribution in [-0.4, -0.2) is 42.7 Å². The molecule has 0 aliphatic carbocycles. The highest BCUT2D eigenvalue weighted by atomic mass is 19.1. The van der Waals surface area contributed by atoms with Crippen molar-refractivity contribution in [3.63, 3.8) is 0 Å². The van der Waals surface area contributed by atoms with Crippen molar-refractivity contribution in [2.75, 3.05) is 31.1 Å². The van der Waals surface area contributed by atoms with Crippen molar-refractivity contribution in [2.24, 2.45) is 11.5 Å². The summed E-state index contributed by atoms with van der Waals surface area (Å²) < 4.78 is 23.8. The molecular formula is C28H30FN5O3. The van der Waals surface area contributed by atoms with Gasteiger partial charge in [-0.2, -0.15) is 0 Å². The van der Waals surface area contributed by atoms with E-state index in [4.69, 9.17) is 16.2 Å². The van der Waals surface area contributed by atoms with Crippen molar-refractivity contribution in [3.8, 4) is 17.2 Å². The molecule has 0 bridgehead atoms. The highest BCUT2D eigenvalue weighted by Crippen LogP contribution is 2.48. The Hall–Kier alpha value is -3.95. The van der Waals surface area contributed by atoms with E-state index < -0.39 is 17.2 Å². The number of ether oxygens (including phenoxy) is 1. The first kappa shape index (κ1) is 24.7. The molecule has 2 aliphatic heterocycles. The van der Waals surface area contributed by atoms with Crippen LogP contribution in [0.3, 0.4) is 0 Å². The van der Waals surface area contributed by atoms with Crippen molar-refractivity contribution in [1.29, 1.82) is 0 Å². The Bertz CT molecular complexity index is 1600. The number of carbonyl (C=O) groups is 1. The molecule has 1 atom stereocenters. The Morgan fingerprint density at radius 1 is 1.19 bits per heavy atom. The Kier molecular flexibility index (Phi) is 6.35. The topological polar surface area (TPSA) is 116 Å². The minimum Gasteiger partial charge on any atom is -0.451 e. The third-order valence-electron chi connectivity index (χ3n) is 6.92. The summed E-state index contributed by atoms with van der Waals surface area (Å²) in [4.78, 5) is 28.3. The molecule has 0 spiro atoms. The van der Waals surface area contributed by atoms with E-state index in [9.17, 15) is 9.59 Å². The lowest BCUT2D eigenvalue weighted by atomic mass is 10.0. The highest BCUT2D eigenvalue weighted by Gasteiger charge is 2.32. The van der Waals surface area contributed by atoms with Crippen LogP contribution in [0, 0.1) is 5.82 Å². The van der Waals surface area contributed by atoms with Gasteiger partial charge in [-0.05, 0) is 48.4 Å². The molecule has 9 heteroatoms. The van der Waals surface area contributed by atoms with Gasteiger partial charge in [0.05, 0.1) is 11.1 Å². The third-order valence-corrected chi connectivity index (χ3v) is 6.92. The Labute approximate surface area is 213 Å². The molecule has 3 heterocycles. The van der Waals surface area contributed by atoms with Gasteiger partial charge in [0.25, 0.3) is 5.91 Å². The zero-order chi connectivity index (χ0) is 25.0. The first-order chi connectivity index (χ1) is 17.5. The van der Waals surface area contributed by atoms with Crippen molar-refractivity contribution in [3.05, 3.63) is 70.3 Å². The van der Waals surface area contributed by atoms with E-state index in [1.807, 2.05) is 41.3 Å². The number of pyridine rings is 1. The summed E-state index contributed by atoms with van der Waals surface area (Å²) in [6.45, 7) is 1.81. The fraction of sp³-hybridized carbons (Fsp3) is 0.286. The van der Waals surface area contributed by atoms with Crippen LogP contribution in [0.2, 0.25) is 0 Å². The molecule has 5 N–H and O–H groups in total. The number of aromatic nitrogens is 1. The number of rotatable bonds is 5. The molecule has 1 saturated heterocycles. The molecule has 0 saturated carbocycles. The largest absolute Gasteiger partial charge is 0.451 e. The molecule has 1 amide bonds. The fourth-order valence-corrected chi connectivity index (χ4v) is 5.14. The smallest absolute Gasteiger partial charge is 0.256 e. The van der Waals surface area contributed by atoms with E-state index in [1.54, 1.807) is 4.57 Å². The van der Waals surface area contributed by atoms with Gasteiger partial charge in [-0.15, -0.1) is 0 Å². The lowest BCUT2D eigenvalue weighted by Crippen LogP contribution is -2.32. The number of amides is 1. The summed E-state index contributed by atoms with van der Waals surface area (Å²) in [5.41, 5.74) is 12.4. The van der Waals surface area contributed by atoms with Crippen LogP contribution in [0.15, 0.2) is 53.5 Å². The second-order valence-corrected chi connectivity index (χ2v) is 9.34. The van der Waals surface area contributed by atoms with Gasteiger partial charge < -0.3 is 31.0 Å². The summed E-state index contributed by atoms with van der Waals surface area (Å²) in [5, 5.41) is 4.75. The van der Waals surface area contributed by atoms with Gasteiger partial charge in [0.2, 0.25) is 5.43 Å². The van der Waals surface area contributed by atoms with E-state index in [-0.39, 0.29) is 35.9 Å². The SMILES string of the molecule is C.NCCCNC(=O)c1cn2c3c(c(N4CC[C@@H](N)C4)c(F)cc3c1=O)Oc1cc3ccccc3cc1-2. The first-order valence-corrected chi connectivity index (χ1v) is 12.1. The molecule has 1 fully saturated rings. The molecular weight excluding hydrogens is 473 g/mol. The van der Waals surface area contributed by atoms with Crippen LogP contribution in [0.1, 0.15) is 30.6 Å². The van der Waals surface area contributed by atoms with Gasteiger partial charge in [-0.3, -0.25) is 9.59 Å². The summed E-state index contributed by atoms with van der Waals surface area (Å²) in [6.07, 6.45) is 2.84. The first-order valence-electron chi connectivity index (χ1n) is 12.1. The Morgan fingerprint density at radius 2 is 1.95 bits per heavy atom. The third kappa shape index (κ3) is 4.00. The number of halogens is 1. The van der Waals surface area contributed by atoms with Crippen LogP contribution < -0.4 is 31.8 Å². The number of hydrogen-bond acceptors (Lipinski definition) is 6. The van der Waals surface area contributed by atoms with Gasteiger partial charge in [0.1, 0.15) is 16.8 Å². The average Bonchev–Trinajstić information content (AvgIpc) is 3.29. The number of nitrogens with two attached hydrogens (primary N) is 2. The van der Waals surface area contributed by atoms with Crippen LogP contribution in [0.4, 0.5) is 10.1 Å². The minimum absolute atomic E-state index is 0. The number of nitrogens with one attached hydrogen (secondary N) is 1. The number of nitrogens with zero attached hydrogens (tertiary/aromatic N) is 2. The molecule has 0 unspecified atom stereocenters. The summed E-state index contributed by atoms with van der Waals surface area (Å²) in [6, 6.07) is 12.8. The van der Waals surface area contributed by atoms with Crippen molar-refractivity contribution in [1.82, 2.24) is 9.88 Å². The quantitative estimate of drug-likeness (QED) is 0.316. The molecule has 0 radical (unpaired) electrons. The zero-order valence-electron chi connectivity index (χ0n) is 19.6. The van der Waals surface area contributed by atoms with Gasteiger partial charge >= 0.3 is 0 Å². The molecule has 4 aromatic rings. The molecule has 37 heavy (non-hydrogen) atoms.